The van der Waals surface area contributed by atoms with E-state index in [0.717, 1.165) is 0 Å². The maximum Gasteiger partial charge on any atom is 0.307 e. The summed E-state index contributed by atoms with van der Waals surface area (Å²) in [6.07, 6.45) is -0.866. The van der Waals surface area contributed by atoms with Crippen LogP contribution in [-0.4, -0.2) is 47.0 Å². The topological polar surface area (TPSA) is 129 Å². The highest BCUT2D eigenvalue weighted by atomic mass is 32.2. The monoisotopic (exact) mass is 302 g/mol. The Bertz CT molecular complexity index is 428. The van der Waals surface area contributed by atoms with E-state index in [1.807, 2.05) is 0 Å². The highest BCUT2D eigenvalue weighted by Gasteiger charge is 2.30. The summed E-state index contributed by atoms with van der Waals surface area (Å²) in [6.45, 7) is 3.47. The predicted molar refractivity (Wildman–Crippen MR) is 66.6 cm³/mol. The fraction of sp³-hybridized carbons (Fsp3) is 0.889. The number of hydrogen-bond acceptors (Lipinski definition) is 4. The van der Waals surface area contributed by atoms with Crippen molar-refractivity contribution in [3.8, 4) is 0 Å². The number of aliphatic carboxylic acids is 1. The van der Waals surface area contributed by atoms with Gasteiger partial charge in [0.05, 0.1) is 11.7 Å². The third-order valence-corrected chi connectivity index (χ3v) is 5.29. The van der Waals surface area contributed by atoms with Gasteiger partial charge >= 0.3 is 5.97 Å². The molecule has 0 heterocycles. The highest BCUT2D eigenvalue weighted by Crippen LogP contribution is 2.44. The molecule has 0 aliphatic rings. The zero-order valence-electron chi connectivity index (χ0n) is 10.3. The number of hydrogen-bond donors (Lipinski definition) is 3. The molecular formula is C9H19O7PS. The number of carboxylic acid groups (broad SMARTS) is 1. The SMILES string of the molecule is CC(C)CP(=O)(O)CC(CCS(=O)(=O)O)C(=O)O. The van der Waals surface area contributed by atoms with Crippen LogP contribution in [0.3, 0.4) is 0 Å². The van der Waals surface area contributed by atoms with Crippen LogP contribution in [0.15, 0.2) is 0 Å². The Morgan fingerprint density at radius 1 is 1.28 bits per heavy atom. The molecule has 0 aromatic heterocycles. The molecule has 0 radical (unpaired) electrons. The first-order valence-corrected chi connectivity index (χ1v) is 9.05. The number of carboxylic acids is 1. The van der Waals surface area contributed by atoms with Crippen molar-refractivity contribution in [1.82, 2.24) is 0 Å². The molecule has 0 amide bonds. The Balaban J connectivity index is 4.64. The normalized spacial score (nSPS) is 17.4. The molecule has 0 saturated carbocycles. The molecule has 0 aliphatic carbocycles. The molecule has 0 aromatic rings. The van der Waals surface area contributed by atoms with E-state index < -0.39 is 41.3 Å². The molecule has 7 nitrogen and oxygen atoms in total. The molecule has 0 aromatic carbocycles. The van der Waals surface area contributed by atoms with Gasteiger partial charge in [-0.25, -0.2) is 0 Å². The van der Waals surface area contributed by atoms with Crippen LogP contribution in [0.4, 0.5) is 0 Å². The first-order chi connectivity index (χ1) is 7.93. The van der Waals surface area contributed by atoms with Crippen LogP contribution in [0, 0.1) is 11.8 Å². The van der Waals surface area contributed by atoms with Crippen molar-refractivity contribution < 1.29 is 32.3 Å². The molecule has 0 aliphatic heterocycles. The van der Waals surface area contributed by atoms with Crippen LogP contribution in [0.5, 0.6) is 0 Å². The van der Waals surface area contributed by atoms with Gasteiger partial charge in [-0.15, -0.1) is 0 Å². The van der Waals surface area contributed by atoms with Crippen molar-refractivity contribution in [2.75, 3.05) is 18.1 Å². The maximum atomic E-state index is 11.7. The fourth-order valence-electron chi connectivity index (χ4n) is 1.57. The smallest absolute Gasteiger partial charge is 0.307 e. The Morgan fingerprint density at radius 2 is 1.78 bits per heavy atom. The Hall–Kier alpha value is -0.430. The minimum absolute atomic E-state index is 0.0113. The summed E-state index contributed by atoms with van der Waals surface area (Å²) in [6, 6.07) is 0. The molecule has 0 rings (SSSR count). The van der Waals surface area contributed by atoms with Gasteiger partial charge in [0, 0.05) is 12.3 Å². The molecule has 3 N–H and O–H groups in total. The van der Waals surface area contributed by atoms with Crippen LogP contribution < -0.4 is 0 Å². The number of carbonyl (C=O) groups is 1. The Morgan fingerprint density at radius 3 is 2.11 bits per heavy atom. The van der Waals surface area contributed by atoms with Gasteiger partial charge in [0.15, 0.2) is 0 Å². The molecule has 0 spiro atoms. The summed E-state index contributed by atoms with van der Waals surface area (Å²) in [5.41, 5.74) is 0. The second-order valence-corrected chi connectivity index (χ2v) is 8.71. The minimum atomic E-state index is -4.27. The lowest BCUT2D eigenvalue weighted by Crippen LogP contribution is -2.22. The molecule has 2 atom stereocenters. The van der Waals surface area contributed by atoms with E-state index in [4.69, 9.17) is 9.66 Å². The van der Waals surface area contributed by atoms with Crippen LogP contribution in [-0.2, 0) is 19.5 Å². The standard InChI is InChI=1S/C9H19O7PS/c1-7(2)5-17(12,13)6-8(9(10)11)3-4-18(14,15)16/h7-8H,3-6H2,1-2H3,(H,10,11)(H,12,13)(H,14,15,16). The lowest BCUT2D eigenvalue weighted by molar-refractivity contribution is -0.141. The maximum absolute atomic E-state index is 11.7. The summed E-state index contributed by atoms with van der Waals surface area (Å²) >= 11 is 0. The van der Waals surface area contributed by atoms with Gasteiger partial charge in [-0.1, -0.05) is 13.8 Å². The third kappa shape index (κ3) is 8.63. The second-order valence-electron chi connectivity index (χ2n) is 4.72. The molecule has 18 heavy (non-hydrogen) atoms. The van der Waals surface area contributed by atoms with Crippen molar-refractivity contribution in [2.45, 2.75) is 20.3 Å². The Labute approximate surface area is 106 Å². The average Bonchev–Trinajstić information content (AvgIpc) is 2.07. The van der Waals surface area contributed by atoms with Crippen LogP contribution in [0.25, 0.3) is 0 Å². The van der Waals surface area contributed by atoms with Crippen molar-refractivity contribution in [3.63, 3.8) is 0 Å². The van der Waals surface area contributed by atoms with Crippen molar-refractivity contribution in [3.05, 3.63) is 0 Å². The van der Waals surface area contributed by atoms with Gasteiger partial charge < -0.3 is 10.00 Å². The quantitative estimate of drug-likeness (QED) is 0.448. The molecular weight excluding hydrogens is 283 g/mol. The molecule has 0 fully saturated rings. The van der Waals surface area contributed by atoms with Crippen molar-refractivity contribution in [1.29, 1.82) is 0 Å². The molecule has 108 valence electrons. The number of rotatable bonds is 8. The van der Waals surface area contributed by atoms with Gasteiger partial charge in [0.25, 0.3) is 10.1 Å². The fourth-order valence-corrected chi connectivity index (χ4v) is 4.47. The summed E-state index contributed by atoms with van der Waals surface area (Å²) in [5.74, 6) is -3.37. The molecule has 9 heteroatoms. The summed E-state index contributed by atoms with van der Waals surface area (Å²) in [7, 11) is -7.86. The molecule has 0 bridgehead atoms. The van der Waals surface area contributed by atoms with E-state index in [0.29, 0.717) is 0 Å². The van der Waals surface area contributed by atoms with Gasteiger partial charge in [-0.3, -0.25) is 13.9 Å². The average molecular weight is 302 g/mol. The molecule has 0 saturated heterocycles. The van der Waals surface area contributed by atoms with E-state index in [9.17, 15) is 22.7 Å². The minimum Gasteiger partial charge on any atom is -0.481 e. The van der Waals surface area contributed by atoms with Gasteiger partial charge in [-0.05, 0) is 12.3 Å². The lowest BCUT2D eigenvalue weighted by atomic mass is 10.1. The third-order valence-electron chi connectivity index (χ3n) is 2.23. The first-order valence-electron chi connectivity index (χ1n) is 5.42. The summed E-state index contributed by atoms with van der Waals surface area (Å²) in [5, 5.41) is 8.86. The van der Waals surface area contributed by atoms with Crippen molar-refractivity contribution >= 4 is 23.5 Å². The van der Waals surface area contributed by atoms with E-state index in [1.165, 1.54) is 0 Å². The Kier molecular flexibility index (Phi) is 6.50. The van der Waals surface area contributed by atoms with Crippen LogP contribution in [0.2, 0.25) is 0 Å². The van der Waals surface area contributed by atoms with Gasteiger partial charge in [-0.2, -0.15) is 8.42 Å². The van der Waals surface area contributed by atoms with Crippen LogP contribution in [0.1, 0.15) is 20.3 Å². The zero-order valence-corrected chi connectivity index (χ0v) is 12.0. The van der Waals surface area contributed by atoms with Gasteiger partial charge in [0.2, 0.25) is 7.37 Å². The van der Waals surface area contributed by atoms with Gasteiger partial charge in [0.1, 0.15) is 0 Å². The first kappa shape index (κ1) is 17.6. The van der Waals surface area contributed by atoms with E-state index in [2.05, 4.69) is 0 Å². The largest absolute Gasteiger partial charge is 0.481 e. The van der Waals surface area contributed by atoms with E-state index >= 15 is 0 Å². The zero-order chi connectivity index (χ0) is 14.6. The second kappa shape index (κ2) is 6.65. The highest BCUT2D eigenvalue weighted by molar-refractivity contribution is 7.85. The molecule has 2 unspecified atom stereocenters. The summed E-state index contributed by atoms with van der Waals surface area (Å²) < 4.78 is 41.3. The van der Waals surface area contributed by atoms with Crippen LogP contribution >= 0.6 is 7.37 Å². The summed E-state index contributed by atoms with van der Waals surface area (Å²) in [4.78, 5) is 20.5. The predicted octanol–water partition coefficient (Wildman–Crippen LogP) is 0.891. The van der Waals surface area contributed by atoms with E-state index in [1.54, 1.807) is 13.8 Å². The van der Waals surface area contributed by atoms with Crippen molar-refractivity contribution in [2.24, 2.45) is 11.8 Å². The lowest BCUT2D eigenvalue weighted by Gasteiger charge is -2.18. The van der Waals surface area contributed by atoms with E-state index in [-0.39, 0.29) is 18.5 Å².